The summed E-state index contributed by atoms with van der Waals surface area (Å²) >= 11 is 1.14. The van der Waals surface area contributed by atoms with Crippen LogP contribution in [0.25, 0.3) is 0 Å². The lowest BCUT2D eigenvalue weighted by Gasteiger charge is -2.02. The molecule has 0 unspecified atom stereocenters. The zero-order valence-electron chi connectivity index (χ0n) is 11.1. The number of rotatable bonds is 3. The van der Waals surface area contributed by atoms with Gasteiger partial charge in [0.05, 0.1) is 10.4 Å². The summed E-state index contributed by atoms with van der Waals surface area (Å²) in [7, 11) is 0. The number of thiophene rings is 1. The molecular weight excluding hydrogens is 272 g/mol. The maximum absolute atomic E-state index is 12.1. The van der Waals surface area contributed by atoms with Crippen molar-refractivity contribution < 1.29 is 9.59 Å². The molecule has 1 heterocycles. The number of anilines is 1. The highest BCUT2D eigenvalue weighted by Gasteiger charge is 2.19. The van der Waals surface area contributed by atoms with E-state index in [9.17, 15) is 14.9 Å². The number of carbonyl (C=O) groups excluding carboxylic acids is 2. The molecule has 1 aromatic heterocycles. The van der Waals surface area contributed by atoms with E-state index in [0.29, 0.717) is 26.6 Å². The van der Waals surface area contributed by atoms with E-state index < -0.39 is 0 Å². The van der Waals surface area contributed by atoms with Gasteiger partial charge >= 0.3 is 0 Å². The summed E-state index contributed by atoms with van der Waals surface area (Å²) in [6, 6.07) is 10.8. The Hall–Kier alpha value is -2.45. The Morgan fingerprint density at radius 2 is 1.90 bits per heavy atom. The minimum absolute atomic E-state index is 0.107. The van der Waals surface area contributed by atoms with Crippen LogP contribution in [0.2, 0.25) is 0 Å². The van der Waals surface area contributed by atoms with Gasteiger partial charge in [0.1, 0.15) is 11.1 Å². The van der Waals surface area contributed by atoms with Crippen molar-refractivity contribution >= 4 is 28.0 Å². The van der Waals surface area contributed by atoms with Gasteiger partial charge in [0.15, 0.2) is 5.78 Å². The highest BCUT2D eigenvalue weighted by molar-refractivity contribution is 7.18. The van der Waals surface area contributed by atoms with Crippen LogP contribution in [0.5, 0.6) is 0 Å². The first-order valence-electron chi connectivity index (χ1n) is 5.95. The summed E-state index contributed by atoms with van der Waals surface area (Å²) in [6.07, 6.45) is 0. The summed E-state index contributed by atoms with van der Waals surface area (Å²) in [5.74, 6) is -0.400. The molecule has 1 amide bonds. The second-order valence-corrected chi connectivity index (χ2v) is 5.27. The Morgan fingerprint density at radius 3 is 2.45 bits per heavy atom. The Balaban J connectivity index is 2.35. The number of nitrogens with zero attached hydrogens (tertiary/aromatic N) is 1. The Kier molecular flexibility index (Phi) is 3.97. The van der Waals surface area contributed by atoms with Crippen LogP contribution in [-0.4, -0.2) is 11.7 Å². The smallest absolute Gasteiger partial charge is 0.256 e. The van der Waals surface area contributed by atoms with Gasteiger partial charge in [-0.15, -0.1) is 11.3 Å². The summed E-state index contributed by atoms with van der Waals surface area (Å²) in [6.45, 7) is 3.16. The van der Waals surface area contributed by atoms with Gasteiger partial charge in [0, 0.05) is 5.56 Å². The van der Waals surface area contributed by atoms with Gasteiger partial charge in [0.2, 0.25) is 0 Å². The zero-order valence-corrected chi connectivity index (χ0v) is 11.9. The average Bonchev–Trinajstić information content (AvgIpc) is 2.76. The molecule has 0 saturated carbocycles. The SMILES string of the molecule is CC(=O)c1sc(NC(=O)c2ccccc2)c(C#N)c1C. The summed E-state index contributed by atoms with van der Waals surface area (Å²) < 4.78 is 0. The van der Waals surface area contributed by atoms with Gasteiger partial charge in [-0.25, -0.2) is 0 Å². The van der Waals surface area contributed by atoms with Crippen LogP contribution in [0.15, 0.2) is 30.3 Å². The first kappa shape index (κ1) is 14.0. The third-order valence-electron chi connectivity index (χ3n) is 2.84. The molecule has 0 atom stereocenters. The van der Waals surface area contributed by atoms with Crippen LogP contribution in [0.1, 0.15) is 38.1 Å². The summed E-state index contributed by atoms with van der Waals surface area (Å²) in [5.41, 5.74) is 1.48. The van der Waals surface area contributed by atoms with Crippen LogP contribution in [0.4, 0.5) is 5.00 Å². The largest absolute Gasteiger partial charge is 0.312 e. The lowest BCUT2D eigenvalue weighted by atomic mass is 10.1. The second kappa shape index (κ2) is 5.68. The molecule has 0 aliphatic carbocycles. The minimum Gasteiger partial charge on any atom is -0.312 e. The molecule has 0 aliphatic rings. The molecule has 5 heteroatoms. The highest BCUT2D eigenvalue weighted by Crippen LogP contribution is 2.33. The van der Waals surface area contributed by atoms with Crippen molar-refractivity contribution in [2.45, 2.75) is 13.8 Å². The number of benzene rings is 1. The molecule has 100 valence electrons. The first-order valence-corrected chi connectivity index (χ1v) is 6.77. The normalized spacial score (nSPS) is 9.85. The molecule has 1 N–H and O–H groups in total. The molecule has 0 saturated heterocycles. The van der Waals surface area contributed by atoms with Gasteiger partial charge in [-0.1, -0.05) is 18.2 Å². The van der Waals surface area contributed by atoms with Crippen molar-refractivity contribution in [3.63, 3.8) is 0 Å². The standard InChI is InChI=1S/C15H12N2O2S/c1-9-12(8-16)15(20-13(9)10(2)18)17-14(19)11-6-4-3-5-7-11/h3-7H,1-2H3,(H,17,19). The minimum atomic E-state index is -0.293. The number of hydrogen-bond donors (Lipinski definition) is 1. The monoisotopic (exact) mass is 284 g/mol. The van der Waals surface area contributed by atoms with Crippen molar-refractivity contribution in [1.82, 2.24) is 0 Å². The molecule has 0 fully saturated rings. The Bertz CT molecular complexity index is 711. The predicted octanol–water partition coefficient (Wildman–Crippen LogP) is 3.38. The number of nitrogens with one attached hydrogen (secondary N) is 1. The van der Waals surface area contributed by atoms with Crippen molar-refractivity contribution in [1.29, 1.82) is 5.26 Å². The molecule has 0 aliphatic heterocycles. The molecule has 20 heavy (non-hydrogen) atoms. The van der Waals surface area contributed by atoms with E-state index >= 15 is 0 Å². The van der Waals surface area contributed by atoms with Gasteiger partial charge in [-0.05, 0) is 31.5 Å². The molecule has 0 bridgehead atoms. The third-order valence-corrected chi connectivity index (χ3v) is 4.15. The highest BCUT2D eigenvalue weighted by atomic mass is 32.1. The van der Waals surface area contributed by atoms with Crippen LogP contribution >= 0.6 is 11.3 Å². The molecular formula is C15H12N2O2S. The lowest BCUT2D eigenvalue weighted by molar-refractivity contribution is 0.101. The Morgan fingerprint density at radius 1 is 1.25 bits per heavy atom. The molecule has 4 nitrogen and oxygen atoms in total. The van der Waals surface area contributed by atoms with Gasteiger partial charge in [-0.2, -0.15) is 5.26 Å². The van der Waals surface area contributed by atoms with Crippen molar-refractivity contribution in [2.24, 2.45) is 0 Å². The third kappa shape index (κ3) is 2.60. The maximum Gasteiger partial charge on any atom is 0.256 e. The molecule has 0 spiro atoms. The van der Waals surface area contributed by atoms with E-state index in [2.05, 4.69) is 5.32 Å². The van der Waals surface area contributed by atoms with Crippen LogP contribution in [0, 0.1) is 18.3 Å². The second-order valence-electron chi connectivity index (χ2n) is 4.25. The van der Waals surface area contributed by atoms with E-state index in [4.69, 9.17) is 0 Å². The number of ketones is 1. The lowest BCUT2D eigenvalue weighted by Crippen LogP contribution is -2.11. The summed E-state index contributed by atoms with van der Waals surface area (Å²) in [4.78, 5) is 24.1. The quantitative estimate of drug-likeness (QED) is 0.878. The number of nitriles is 1. The Labute approximate surface area is 120 Å². The zero-order chi connectivity index (χ0) is 14.7. The fourth-order valence-corrected chi connectivity index (χ4v) is 2.88. The topological polar surface area (TPSA) is 70.0 Å². The fourth-order valence-electron chi connectivity index (χ4n) is 1.84. The van der Waals surface area contributed by atoms with Gasteiger partial charge in [-0.3, -0.25) is 9.59 Å². The van der Waals surface area contributed by atoms with Gasteiger partial charge < -0.3 is 5.32 Å². The van der Waals surface area contributed by atoms with Crippen molar-refractivity contribution in [3.8, 4) is 6.07 Å². The molecule has 1 aromatic carbocycles. The van der Waals surface area contributed by atoms with E-state index in [1.165, 1.54) is 6.92 Å². The number of amides is 1. The van der Waals surface area contributed by atoms with Crippen LogP contribution < -0.4 is 5.32 Å². The molecule has 2 rings (SSSR count). The molecule has 0 radical (unpaired) electrons. The van der Waals surface area contributed by atoms with E-state index in [1.807, 2.05) is 12.1 Å². The van der Waals surface area contributed by atoms with Gasteiger partial charge in [0.25, 0.3) is 5.91 Å². The predicted molar refractivity (Wildman–Crippen MR) is 78.2 cm³/mol. The van der Waals surface area contributed by atoms with Crippen molar-refractivity contribution in [2.75, 3.05) is 5.32 Å². The number of carbonyl (C=O) groups is 2. The first-order chi connectivity index (χ1) is 9.54. The molecule has 2 aromatic rings. The van der Waals surface area contributed by atoms with Crippen LogP contribution in [-0.2, 0) is 0 Å². The number of hydrogen-bond acceptors (Lipinski definition) is 4. The van der Waals surface area contributed by atoms with E-state index in [0.717, 1.165) is 11.3 Å². The van der Waals surface area contributed by atoms with E-state index in [1.54, 1.807) is 31.2 Å². The summed E-state index contributed by atoms with van der Waals surface area (Å²) in [5, 5.41) is 12.3. The fraction of sp³-hybridized carbons (Fsp3) is 0.133. The number of Topliss-reactive ketones (excluding diaryl/α,β-unsaturated/α-hetero) is 1. The van der Waals surface area contributed by atoms with Crippen LogP contribution in [0.3, 0.4) is 0 Å². The average molecular weight is 284 g/mol. The maximum atomic E-state index is 12.1. The van der Waals surface area contributed by atoms with Crippen molar-refractivity contribution in [3.05, 3.63) is 51.9 Å². The van der Waals surface area contributed by atoms with E-state index in [-0.39, 0.29) is 11.7 Å².